The molecule has 1 aromatic carbocycles. The van der Waals surface area contributed by atoms with E-state index in [4.69, 9.17) is 5.11 Å². The first kappa shape index (κ1) is 9.15. The number of nitrogens with one attached hydrogen (secondary N) is 1. The van der Waals surface area contributed by atoms with Gasteiger partial charge in [0.05, 0.1) is 5.56 Å². The molecule has 0 aliphatic heterocycles. The summed E-state index contributed by atoms with van der Waals surface area (Å²) in [5.74, 6) is -0.280. The minimum Gasteiger partial charge on any atom is -0.478 e. The van der Waals surface area contributed by atoms with E-state index in [1.807, 2.05) is 6.07 Å². The Hall–Kier alpha value is -1.42. The third kappa shape index (κ3) is 1.48. The minimum atomic E-state index is -0.902. The zero-order chi connectivity index (χ0) is 10.1. The Bertz CT molecular complexity index is 490. The molecule has 0 spiro atoms. The fourth-order valence-electron chi connectivity index (χ4n) is 1.41. The molecule has 72 valence electrons. The minimum absolute atomic E-state index is 0.308. The molecule has 0 fully saturated rings. The molecular weight excluding hydrogens is 198 g/mol. The first-order chi connectivity index (χ1) is 6.70. The van der Waals surface area contributed by atoms with Crippen LogP contribution in [0, 0.1) is 0 Å². The highest BCUT2D eigenvalue weighted by atomic mass is 32.1. The van der Waals surface area contributed by atoms with Crippen LogP contribution in [-0.2, 0) is 5.75 Å². The second-order valence-electron chi connectivity index (χ2n) is 3.06. The number of carboxylic acid groups (broad SMARTS) is 1. The molecule has 0 aliphatic rings. The number of hydrogen-bond donors (Lipinski definition) is 3. The van der Waals surface area contributed by atoms with E-state index < -0.39 is 5.97 Å². The standard InChI is InChI=1S/C10H9NO2S/c12-10(13)6-1-2-9-7(3-6)4-8(5-14)11-9/h1-4,11,14H,5H2,(H,12,13). The summed E-state index contributed by atoms with van der Waals surface area (Å²) in [6.45, 7) is 0. The summed E-state index contributed by atoms with van der Waals surface area (Å²) < 4.78 is 0. The smallest absolute Gasteiger partial charge is 0.335 e. The highest BCUT2D eigenvalue weighted by molar-refractivity contribution is 7.79. The SMILES string of the molecule is O=C(O)c1ccc2[nH]c(CS)cc2c1. The van der Waals surface area contributed by atoms with E-state index in [9.17, 15) is 4.79 Å². The molecule has 0 atom stereocenters. The van der Waals surface area contributed by atoms with Gasteiger partial charge in [-0.1, -0.05) is 0 Å². The van der Waals surface area contributed by atoms with Gasteiger partial charge in [-0.25, -0.2) is 4.79 Å². The molecule has 0 saturated heterocycles. The molecule has 0 saturated carbocycles. The van der Waals surface area contributed by atoms with E-state index in [1.54, 1.807) is 18.2 Å². The molecule has 1 aromatic heterocycles. The maximum Gasteiger partial charge on any atom is 0.335 e. The van der Waals surface area contributed by atoms with E-state index in [0.717, 1.165) is 16.6 Å². The van der Waals surface area contributed by atoms with Crippen LogP contribution in [0.25, 0.3) is 10.9 Å². The zero-order valence-corrected chi connectivity index (χ0v) is 8.21. The van der Waals surface area contributed by atoms with Crippen LogP contribution in [0.4, 0.5) is 0 Å². The lowest BCUT2D eigenvalue weighted by Gasteiger charge is -1.93. The number of carboxylic acids is 1. The summed E-state index contributed by atoms with van der Waals surface area (Å²) in [5.41, 5.74) is 2.24. The molecule has 0 aliphatic carbocycles. The Morgan fingerprint density at radius 2 is 2.21 bits per heavy atom. The number of H-pyrrole nitrogens is 1. The number of aromatic amines is 1. The lowest BCUT2D eigenvalue weighted by Crippen LogP contribution is -1.94. The molecule has 0 unspecified atom stereocenters. The van der Waals surface area contributed by atoms with Gasteiger partial charge in [-0.2, -0.15) is 12.6 Å². The largest absolute Gasteiger partial charge is 0.478 e. The number of rotatable bonds is 2. The highest BCUT2D eigenvalue weighted by Gasteiger charge is 2.05. The predicted molar refractivity (Wildman–Crippen MR) is 57.9 cm³/mol. The normalized spacial score (nSPS) is 10.6. The maximum absolute atomic E-state index is 10.7. The predicted octanol–water partition coefficient (Wildman–Crippen LogP) is 2.30. The van der Waals surface area contributed by atoms with Crippen LogP contribution >= 0.6 is 12.6 Å². The van der Waals surface area contributed by atoms with Crippen molar-refractivity contribution >= 4 is 29.5 Å². The van der Waals surface area contributed by atoms with Crippen molar-refractivity contribution in [2.24, 2.45) is 0 Å². The third-order valence-electron chi connectivity index (χ3n) is 2.09. The molecule has 2 N–H and O–H groups in total. The topological polar surface area (TPSA) is 53.1 Å². The molecule has 1 heterocycles. The second kappa shape index (κ2) is 3.38. The first-order valence-corrected chi connectivity index (χ1v) is 4.80. The number of aromatic nitrogens is 1. The molecule has 2 aromatic rings. The van der Waals surface area contributed by atoms with Gasteiger partial charge in [-0.3, -0.25) is 0 Å². The van der Waals surface area contributed by atoms with Crippen molar-refractivity contribution in [1.29, 1.82) is 0 Å². The molecule has 3 nitrogen and oxygen atoms in total. The number of hydrogen-bond acceptors (Lipinski definition) is 2. The second-order valence-corrected chi connectivity index (χ2v) is 3.38. The molecule has 2 rings (SSSR count). The lowest BCUT2D eigenvalue weighted by atomic mass is 10.1. The first-order valence-electron chi connectivity index (χ1n) is 4.16. The van der Waals surface area contributed by atoms with Gasteiger partial charge in [-0.15, -0.1) is 0 Å². The van der Waals surface area contributed by atoms with Crippen molar-refractivity contribution < 1.29 is 9.90 Å². The van der Waals surface area contributed by atoms with E-state index in [0.29, 0.717) is 11.3 Å². The number of aromatic carboxylic acids is 1. The monoisotopic (exact) mass is 207 g/mol. The van der Waals surface area contributed by atoms with Crippen LogP contribution in [0.15, 0.2) is 24.3 Å². The molecule has 4 heteroatoms. The van der Waals surface area contributed by atoms with Gasteiger partial charge < -0.3 is 10.1 Å². The van der Waals surface area contributed by atoms with Gasteiger partial charge in [0.15, 0.2) is 0 Å². The number of benzene rings is 1. The van der Waals surface area contributed by atoms with Crippen LogP contribution in [-0.4, -0.2) is 16.1 Å². The Balaban J connectivity index is 2.59. The summed E-state index contributed by atoms with van der Waals surface area (Å²) in [5, 5.41) is 9.69. The summed E-state index contributed by atoms with van der Waals surface area (Å²) in [7, 11) is 0. The van der Waals surface area contributed by atoms with Crippen molar-refractivity contribution in [2.45, 2.75) is 5.75 Å². The van der Waals surface area contributed by atoms with E-state index in [1.165, 1.54) is 0 Å². The average Bonchev–Trinajstić information content (AvgIpc) is 2.58. The van der Waals surface area contributed by atoms with Gasteiger partial charge in [0, 0.05) is 22.3 Å². The van der Waals surface area contributed by atoms with Gasteiger partial charge >= 0.3 is 5.97 Å². The van der Waals surface area contributed by atoms with Crippen LogP contribution in [0.5, 0.6) is 0 Å². The molecule has 0 radical (unpaired) electrons. The van der Waals surface area contributed by atoms with Gasteiger partial charge in [0.25, 0.3) is 0 Å². The zero-order valence-electron chi connectivity index (χ0n) is 7.32. The Labute approximate surface area is 86.2 Å². The van der Waals surface area contributed by atoms with Crippen LogP contribution in [0.1, 0.15) is 16.1 Å². The van der Waals surface area contributed by atoms with Crippen molar-refractivity contribution in [3.8, 4) is 0 Å². The maximum atomic E-state index is 10.7. The van der Waals surface area contributed by atoms with Gasteiger partial charge in [0.2, 0.25) is 0 Å². The van der Waals surface area contributed by atoms with Crippen LogP contribution in [0.2, 0.25) is 0 Å². The Morgan fingerprint density at radius 1 is 1.43 bits per heavy atom. The third-order valence-corrected chi connectivity index (χ3v) is 2.43. The fraction of sp³-hybridized carbons (Fsp3) is 0.100. The summed E-state index contributed by atoms with van der Waals surface area (Å²) in [6.07, 6.45) is 0. The molecular formula is C10H9NO2S. The number of fused-ring (bicyclic) bond motifs is 1. The van der Waals surface area contributed by atoms with Gasteiger partial charge in [0.1, 0.15) is 0 Å². The van der Waals surface area contributed by atoms with Crippen molar-refractivity contribution in [3.05, 3.63) is 35.5 Å². The number of carbonyl (C=O) groups is 1. The Kier molecular flexibility index (Phi) is 2.21. The van der Waals surface area contributed by atoms with E-state index >= 15 is 0 Å². The van der Waals surface area contributed by atoms with E-state index in [2.05, 4.69) is 17.6 Å². The summed E-state index contributed by atoms with van der Waals surface area (Å²) >= 11 is 4.14. The Morgan fingerprint density at radius 3 is 2.86 bits per heavy atom. The molecule has 0 bridgehead atoms. The summed E-state index contributed by atoms with van der Waals surface area (Å²) in [4.78, 5) is 13.8. The van der Waals surface area contributed by atoms with Crippen molar-refractivity contribution in [1.82, 2.24) is 4.98 Å². The van der Waals surface area contributed by atoms with E-state index in [-0.39, 0.29) is 0 Å². The van der Waals surface area contributed by atoms with Crippen LogP contribution < -0.4 is 0 Å². The lowest BCUT2D eigenvalue weighted by molar-refractivity contribution is 0.0697. The summed E-state index contributed by atoms with van der Waals surface area (Å²) in [6, 6.07) is 6.92. The fourth-order valence-corrected chi connectivity index (χ4v) is 1.58. The van der Waals surface area contributed by atoms with Crippen molar-refractivity contribution in [2.75, 3.05) is 0 Å². The van der Waals surface area contributed by atoms with Crippen LogP contribution in [0.3, 0.4) is 0 Å². The molecule has 0 amide bonds. The highest BCUT2D eigenvalue weighted by Crippen LogP contribution is 2.18. The quantitative estimate of drug-likeness (QED) is 0.662. The average molecular weight is 207 g/mol. The van der Waals surface area contributed by atoms with Gasteiger partial charge in [-0.05, 0) is 24.3 Å². The number of thiol groups is 1. The molecule has 14 heavy (non-hydrogen) atoms. The van der Waals surface area contributed by atoms with Crippen molar-refractivity contribution in [3.63, 3.8) is 0 Å².